The number of hydrogen-bond donors (Lipinski definition) is 1. The van der Waals surface area contributed by atoms with Gasteiger partial charge in [0.1, 0.15) is 0 Å². The Bertz CT molecular complexity index is 643. The van der Waals surface area contributed by atoms with Gasteiger partial charge in [-0.2, -0.15) is 0 Å². The number of carbonyl (C=O) groups excluding carboxylic acids is 1. The van der Waals surface area contributed by atoms with Crippen molar-refractivity contribution in [3.63, 3.8) is 0 Å². The number of likely N-dealkylation sites (tertiary alicyclic amines) is 1. The van der Waals surface area contributed by atoms with E-state index >= 15 is 0 Å². The number of nitrogens with one attached hydrogen (secondary N) is 1. The fourth-order valence-corrected chi connectivity index (χ4v) is 3.35. The Morgan fingerprint density at radius 2 is 2.00 bits per heavy atom. The molecule has 7 heteroatoms. The fourth-order valence-electron chi connectivity index (χ4n) is 2.45. The quantitative estimate of drug-likeness (QED) is 0.887. The zero-order valence-electron chi connectivity index (χ0n) is 11.5. The minimum absolute atomic E-state index is 0.0790. The fraction of sp³-hybridized carbons (Fsp3) is 0.429. The summed E-state index contributed by atoms with van der Waals surface area (Å²) in [5, 5.41) is 0.216. The van der Waals surface area contributed by atoms with Crippen LogP contribution >= 0.6 is 11.8 Å². The van der Waals surface area contributed by atoms with Crippen LogP contribution in [0, 0.1) is 11.6 Å². The first kappa shape index (κ1) is 14.3. The van der Waals surface area contributed by atoms with Crippen LogP contribution in [-0.4, -0.2) is 39.1 Å². The van der Waals surface area contributed by atoms with Crippen molar-refractivity contribution < 1.29 is 13.6 Å². The van der Waals surface area contributed by atoms with Crippen LogP contribution in [0.4, 0.5) is 8.78 Å². The summed E-state index contributed by atoms with van der Waals surface area (Å²) in [6, 6.07) is 2.13. The van der Waals surface area contributed by atoms with Gasteiger partial charge in [-0.3, -0.25) is 4.79 Å². The van der Waals surface area contributed by atoms with Gasteiger partial charge in [-0.15, -0.1) is 0 Å². The molecule has 1 amide bonds. The van der Waals surface area contributed by atoms with Gasteiger partial charge in [-0.1, -0.05) is 11.8 Å². The van der Waals surface area contributed by atoms with Crippen molar-refractivity contribution in [3.05, 3.63) is 23.8 Å². The summed E-state index contributed by atoms with van der Waals surface area (Å²) < 4.78 is 26.3. The topological polar surface area (TPSA) is 49.0 Å². The number of H-pyrrole nitrogens is 1. The van der Waals surface area contributed by atoms with Crippen molar-refractivity contribution >= 4 is 28.7 Å². The van der Waals surface area contributed by atoms with Crippen molar-refractivity contribution in [2.45, 2.75) is 30.2 Å². The SMILES string of the molecule is CC(Sc1nc2cc(F)c(F)cc2[nH]1)C(=O)N1CCCC1. The zero-order valence-corrected chi connectivity index (χ0v) is 12.3. The van der Waals surface area contributed by atoms with Gasteiger partial charge in [0.2, 0.25) is 5.91 Å². The zero-order chi connectivity index (χ0) is 15.0. The van der Waals surface area contributed by atoms with E-state index in [-0.39, 0.29) is 11.2 Å². The van der Waals surface area contributed by atoms with Crippen molar-refractivity contribution in [2.24, 2.45) is 0 Å². The number of aromatic amines is 1. The molecule has 1 fully saturated rings. The van der Waals surface area contributed by atoms with Crippen LogP contribution in [0.3, 0.4) is 0 Å². The van der Waals surface area contributed by atoms with Gasteiger partial charge in [0.15, 0.2) is 16.8 Å². The molecule has 1 aliphatic rings. The molecule has 0 radical (unpaired) electrons. The average molecular weight is 311 g/mol. The van der Waals surface area contributed by atoms with Gasteiger partial charge < -0.3 is 9.88 Å². The van der Waals surface area contributed by atoms with Gasteiger partial charge >= 0.3 is 0 Å². The molecule has 0 spiro atoms. The summed E-state index contributed by atoms with van der Waals surface area (Å²) in [7, 11) is 0. The predicted molar refractivity (Wildman–Crippen MR) is 77.1 cm³/mol. The normalized spacial score (nSPS) is 16.6. The molecular formula is C14H15F2N3OS. The van der Waals surface area contributed by atoms with Crippen LogP contribution in [0.15, 0.2) is 17.3 Å². The van der Waals surface area contributed by atoms with E-state index in [0.717, 1.165) is 38.1 Å². The third-order valence-electron chi connectivity index (χ3n) is 3.56. The van der Waals surface area contributed by atoms with Gasteiger partial charge in [-0.25, -0.2) is 13.8 Å². The lowest BCUT2D eigenvalue weighted by Crippen LogP contribution is -2.34. The van der Waals surface area contributed by atoms with Gasteiger partial charge in [0.05, 0.1) is 16.3 Å². The highest BCUT2D eigenvalue weighted by molar-refractivity contribution is 8.00. The van der Waals surface area contributed by atoms with E-state index in [4.69, 9.17) is 0 Å². The highest BCUT2D eigenvalue weighted by Gasteiger charge is 2.24. The summed E-state index contributed by atoms with van der Waals surface area (Å²) in [6.45, 7) is 3.43. The van der Waals surface area contributed by atoms with Crippen LogP contribution in [0.25, 0.3) is 11.0 Å². The van der Waals surface area contributed by atoms with Crippen molar-refractivity contribution in [1.82, 2.24) is 14.9 Å². The van der Waals surface area contributed by atoms with Gasteiger partial charge in [0.25, 0.3) is 0 Å². The van der Waals surface area contributed by atoms with Crippen LogP contribution in [0.1, 0.15) is 19.8 Å². The maximum Gasteiger partial charge on any atom is 0.235 e. The summed E-state index contributed by atoms with van der Waals surface area (Å²) in [4.78, 5) is 21.2. The summed E-state index contributed by atoms with van der Waals surface area (Å²) in [6.07, 6.45) is 2.10. The van der Waals surface area contributed by atoms with E-state index in [1.807, 2.05) is 11.8 Å². The number of carbonyl (C=O) groups is 1. The number of fused-ring (bicyclic) bond motifs is 1. The van der Waals surface area contributed by atoms with Gasteiger partial charge in [0, 0.05) is 25.2 Å². The molecule has 1 N–H and O–H groups in total. The van der Waals surface area contributed by atoms with Crippen LogP contribution in [0.2, 0.25) is 0 Å². The standard InChI is InChI=1S/C14H15F2N3OS/c1-8(13(20)19-4-2-3-5-19)21-14-17-11-6-9(15)10(16)7-12(11)18-14/h6-8H,2-5H2,1H3,(H,17,18). The first-order valence-corrected chi connectivity index (χ1v) is 7.73. The Labute approximate surface area is 124 Å². The van der Waals surface area contributed by atoms with Crippen molar-refractivity contribution in [2.75, 3.05) is 13.1 Å². The van der Waals surface area contributed by atoms with E-state index in [1.165, 1.54) is 11.8 Å². The molecule has 3 rings (SSSR count). The lowest BCUT2D eigenvalue weighted by Gasteiger charge is -2.19. The summed E-state index contributed by atoms with van der Waals surface area (Å²) in [5.74, 6) is -1.76. The highest BCUT2D eigenvalue weighted by atomic mass is 32.2. The lowest BCUT2D eigenvalue weighted by molar-refractivity contribution is -0.129. The first-order valence-electron chi connectivity index (χ1n) is 6.85. The van der Waals surface area contributed by atoms with Crippen LogP contribution < -0.4 is 0 Å². The number of aromatic nitrogens is 2. The Hall–Kier alpha value is -1.63. The second-order valence-corrected chi connectivity index (χ2v) is 6.45. The minimum atomic E-state index is -0.924. The first-order chi connectivity index (χ1) is 10.0. The smallest absolute Gasteiger partial charge is 0.235 e. The van der Waals surface area contributed by atoms with E-state index < -0.39 is 11.6 Å². The molecular weight excluding hydrogens is 296 g/mol. The Kier molecular flexibility index (Phi) is 3.84. The molecule has 21 heavy (non-hydrogen) atoms. The highest BCUT2D eigenvalue weighted by Crippen LogP contribution is 2.26. The molecule has 2 heterocycles. The molecule has 2 aromatic rings. The maximum absolute atomic E-state index is 13.2. The minimum Gasteiger partial charge on any atom is -0.342 e. The Morgan fingerprint density at radius 1 is 1.33 bits per heavy atom. The van der Waals surface area contributed by atoms with E-state index in [2.05, 4.69) is 9.97 Å². The van der Waals surface area contributed by atoms with E-state index in [1.54, 1.807) is 0 Å². The molecule has 4 nitrogen and oxygen atoms in total. The Balaban J connectivity index is 1.76. The van der Waals surface area contributed by atoms with E-state index in [9.17, 15) is 13.6 Å². The Morgan fingerprint density at radius 3 is 2.71 bits per heavy atom. The molecule has 1 aliphatic heterocycles. The maximum atomic E-state index is 13.2. The molecule has 0 bridgehead atoms. The molecule has 0 saturated carbocycles. The molecule has 1 aromatic carbocycles. The number of imidazole rings is 1. The van der Waals surface area contributed by atoms with Crippen LogP contribution in [0.5, 0.6) is 0 Å². The van der Waals surface area contributed by atoms with Crippen molar-refractivity contribution in [3.8, 4) is 0 Å². The molecule has 1 aromatic heterocycles. The van der Waals surface area contributed by atoms with Gasteiger partial charge in [-0.05, 0) is 19.8 Å². The number of rotatable bonds is 3. The largest absolute Gasteiger partial charge is 0.342 e. The molecule has 112 valence electrons. The number of halogens is 2. The van der Waals surface area contributed by atoms with E-state index in [0.29, 0.717) is 16.2 Å². The lowest BCUT2D eigenvalue weighted by atomic mass is 10.3. The third-order valence-corrected chi connectivity index (χ3v) is 4.53. The summed E-state index contributed by atoms with van der Waals surface area (Å²) in [5.41, 5.74) is 0.787. The number of hydrogen-bond acceptors (Lipinski definition) is 3. The monoisotopic (exact) mass is 311 g/mol. The van der Waals surface area contributed by atoms with Crippen LogP contribution in [-0.2, 0) is 4.79 Å². The molecule has 1 atom stereocenters. The molecule has 1 saturated heterocycles. The number of amides is 1. The predicted octanol–water partition coefficient (Wildman–Crippen LogP) is 2.94. The molecule has 1 unspecified atom stereocenters. The summed E-state index contributed by atoms with van der Waals surface area (Å²) >= 11 is 1.27. The second-order valence-electron chi connectivity index (χ2n) is 5.12. The number of nitrogens with zero attached hydrogens (tertiary/aromatic N) is 2. The number of thioether (sulfide) groups is 1. The molecule has 0 aliphatic carbocycles. The second kappa shape index (κ2) is 5.63. The average Bonchev–Trinajstić information content (AvgIpc) is 3.07. The number of benzene rings is 1. The van der Waals surface area contributed by atoms with Crippen molar-refractivity contribution in [1.29, 1.82) is 0 Å². The third kappa shape index (κ3) is 2.88.